The van der Waals surface area contributed by atoms with E-state index in [-0.39, 0.29) is 11.3 Å². The van der Waals surface area contributed by atoms with Crippen molar-refractivity contribution in [2.24, 2.45) is 0 Å². The van der Waals surface area contributed by atoms with Crippen LogP contribution < -0.4 is 5.63 Å². The van der Waals surface area contributed by atoms with Crippen LogP contribution in [0.1, 0.15) is 29.8 Å². The van der Waals surface area contributed by atoms with Gasteiger partial charge < -0.3 is 4.42 Å². The summed E-state index contributed by atoms with van der Waals surface area (Å²) in [6, 6.07) is 21.9. The molecule has 0 aliphatic rings. The second-order valence-electron chi connectivity index (χ2n) is 5.34. The molecule has 124 valence electrons. The normalized spacial score (nSPS) is 10.3. The van der Waals surface area contributed by atoms with Gasteiger partial charge in [-0.05, 0) is 22.9 Å². The van der Waals surface area contributed by atoms with Gasteiger partial charge in [0.25, 0.3) is 0 Å². The Labute approximate surface area is 145 Å². The minimum absolute atomic E-state index is 0.0556. The molecule has 4 aromatic rings. The van der Waals surface area contributed by atoms with E-state index in [4.69, 9.17) is 4.42 Å². The molecular formula is C22H18O3. The minimum atomic E-state index is -0.610. The van der Waals surface area contributed by atoms with Crippen molar-refractivity contribution in [2.45, 2.75) is 13.8 Å². The molecule has 1 heterocycles. The smallest absolute Gasteiger partial charge is 0.347 e. The molecule has 0 atom stereocenters. The van der Waals surface area contributed by atoms with Crippen molar-refractivity contribution in [1.82, 2.24) is 0 Å². The maximum Gasteiger partial charge on any atom is 0.347 e. The molecule has 25 heavy (non-hydrogen) atoms. The molecule has 0 aliphatic heterocycles. The third-order valence-electron chi connectivity index (χ3n) is 3.92. The lowest BCUT2D eigenvalue weighted by molar-refractivity contribution is 0.103. The van der Waals surface area contributed by atoms with Crippen LogP contribution >= 0.6 is 0 Å². The lowest BCUT2D eigenvalue weighted by atomic mass is 10.0. The highest BCUT2D eigenvalue weighted by Gasteiger charge is 2.16. The third kappa shape index (κ3) is 3.09. The van der Waals surface area contributed by atoms with Crippen molar-refractivity contribution in [3.05, 3.63) is 94.3 Å². The van der Waals surface area contributed by atoms with Crippen LogP contribution in [0.5, 0.6) is 0 Å². The summed E-state index contributed by atoms with van der Waals surface area (Å²) in [6.07, 6.45) is 0. The SMILES string of the molecule is CC.O=C(c1ccccc1)c1cc2c(ccc3ccccc32)oc1=O. The first-order valence-corrected chi connectivity index (χ1v) is 8.29. The number of carbonyl (C=O) groups excluding carboxylic acids is 1. The summed E-state index contributed by atoms with van der Waals surface area (Å²) in [5.74, 6) is -0.325. The molecule has 0 amide bonds. The number of hydrogen-bond acceptors (Lipinski definition) is 3. The fourth-order valence-corrected chi connectivity index (χ4v) is 2.77. The van der Waals surface area contributed by atoms with Crippen LogP contribution in [0.3, 0.4) is 0 Å². The van der Waals surface area contributed by atoms with Crippen LogP contribution in [0.15, 0.2) is 82.0 Å². The molecule has 0 N–H and O–H groups in total. The standard InChI is InChI=1S/C20H12O3.C2H6/c21-19(14-7-2-1-3-8-14)17-12-16-15-9-5-4-6-13(15)10-11-18(16)23-20(17)22;1-2/h1-12H;1-2H3. The first kappa shape index (κ1) is 16.7. The third-order valence-corrected chi connectivity index (χ3v) is 3.92. The lowest BCUT2D eigenvalue weighted by Gasteiger charge is -2.05. The molecule has 3 nitrogen and oxygen atoms in total. The van der Waals surface area contributed by atoms with Gasteiger partial charge in [-0.2, -0.15) is 0 Å². The summed E-state index contributed by atoms with van der Waals surface area (Å²) in [5.41, 5.74) is 0.402. The monoisotopic (exact) mass is 330 g/mol. The zero-order chi connectivity index (χ0) is 17.8. The average molecular weight is 330 g/mol. The Bertz CT molecular complexity index is 1090. The predicted octanol–water partition coefficient (Wildman–Crippen LogP) is 5.20. The van der Waals surface area contributed by atoms with Gasteiger partial charge in [0.05, 0.1) is 0 Å². The highest BCUT2D eigenvalue weighted by Crippen LogP contribution is 2.25. The molecule has 0 bridgehead atoms. The van der Waals surface area contributed by atoms with Crippen molar-refractivity contribution in [3.8, 4) is 0 Å². The van der Waals surface area contributed by atoms with Crippen LogP contribution in [-0.4, -0.2) is 5.78 Å². The van der Waals surface area contributed by atoms with Crippen LogP contribution in [0, 0.1) is 0 Å². The summed E-state index contributed by atoms with van der Waals surface area (Å²) in [6.45, 7) is 4.00. The van der Waals surface area contributed by atoms with Crippen molar-refractivity contribution in [2.75, 3.05) is 0 Å². The fraction of sp³-hybridized carbons (Fsp3) is 0.0909. The highest BCUT2D eigenvalue weighted by atomic mass is 16.4. The Morgan fingerprint density at radius 2 is 1.48 bits per heavy atom. The summed E-state index contributed by atoms with van der Waals surface area (Å²) in [5, 5.41) is 2.75. The molecule has 0 fully saturated rings. The van der Waals surface area contributed by atoms with E-state index in [9.17, 15) is 9.59 Å². The predicted molar refractivity (Wildman–Crippen MR) is 101 cm³/mol. The summed E-state index contributed by atoms with van der Waals surface area (Å²) in [7, 11) is 0. The molecule has 0 spiro atoms. The van der Waals surface area contributed by atoms with Crippen LogP contribution in [0.4, 0.5) is 0 Å². The molecule has 0 aliphatic carbocycles. The van der Waals surface area contributed by atoms with Crippen molar-refractivity contribution < 1.29 is 9.21 Å². The molecule has 3 heteroatoms. The van der Waals surface area contributed by atoms with Crippen LogP contribution in [0.2, 0.25) is 0 Å². The maximum atomic E-state index is 12.6. The van der Waals surface area contributed by atoms with Gasteiger partial charge in [-0.25, -0.2) is 4.79 Å². The van der Waals surface area contributed by atoms with Crippen molar-refractivity contribution >= 4 is 27.5 Å². The molecule has 0 saturated carbocycles. The Balaban J connectivity index is 0.000000880. The van der Waals surface area contributed by atoms with Crippen LogP contribution in [0.25, 0.3) is 21.7 Å². The van der Waals surface area contributed by atoms with Gasteiger partial charge in [-0.1, -0.05) is 74.5 Å². The first-order chi connectivity index (χ1) is 12.2. The van der Waals surface area contributed by atoms with Gasteiger partial charge in [-0.3, -0.25) is 4.79 Å². The van der Waals surface area contributed by atoms with E-state index in [0.717, 1.165) is 16.2 Å². The van der Waals surface area contributed by atoms with E-state index in [2.05, 4.69) is 0 Å². The zero-order valence-electron chi connectivity index (χ0n) is 14.2. The molecule has 1 aromatic heterocycles. The number of rotatable bonds is 2. The van der Waals surface area contributed by atoms with E-state index in [1.165, 1.54) is 0 Å². The van der Waals surface area contributed by atoms with Gasteiger partial charge in [-0.15, -0.1) is 0 Å². The Morgan fingerprint density at radius 1 is 0.800 bits per heavy atom. The first-order valence-electron chi connectivity index (χ1n) is 8.29. The molecule has 3 aromatic carbocycles. The number of fused-ring (bicyclic) bond motifs is 3. The number of carbonyl (C=O) groups is 1. The molecule has 4 rings (SSSR count). The second-order valence-corrected chi connectivity index (χ2v) is 5.34. The second kappa shape index (κ2) is 7.14. The van der Waals surface area contributed by atoms with Crippen molar-refractivity contribution in [1.29, 1.82) is 0 Å². The minimum Gasteiger partial charge on any atom is -0.422 e. The van der Waals surface area contributed by atoms with Gasteiger partial charge in [0.2, 0.25) is 0 Å². The summed E-state index contributed by atoms with van der Waals surface area (Å²) < 4.78 is 5.37. The van der Waals surface area contributed by atoms with Gasteiger partial charge >= 0.3 is 5.63 Å². The molecule has 0 unspecified atom stereocenters. The van der Waals surface area contributed by atoms with Gasteiger partial charge in [0.15, 0.2) is 5.78 Å². The number of benzene rings is 3. The lowest BCUT2D eigenvalue weighted by Crippen LogP contribution is -2.14. The Morgan fingerprint density at radius 3 is 2.24 bits per heavy atom. The van der Waals surface area contributed by atoms with E-state index in [1.54, 1.807) is 36.4 Å². The summed E-state index contributed by atoms with van der Waals surface area (Å²) in [4.78, 5) is 24.8. The van der Waals surface area contributed by atoms with Crippen LogP contribution in [-0.2, 0) is 0 Å². The highest BCUT2D eigenvalue weighted by molar-refractivity contribution is 6.12. The van der Waals surface area contributed by atoms with Gasteiger partial charge in [0.1, 0.15) is 11.1 Å². The van der Waals surface area contributed by atoms with E-state index in [0.29, 0.717) is 11.1 Å². The van der Waals surface area contributed by atoms with Crippen molar-refractivity contribution in [3.63, 3.8) is 0 Å². The summed E-state index contributed by atoms with van der Waals surface area (Å²) >= 11 is 0. The fourth-order valence-electron chi connectivity index (χ4n) is 2.77. The zero-order valence-corrected chi connectivity index (χ0v) is 14.2. The van der Waals surface area contributed by atoms with E-state index >= 15 is 0 Å². The molecule has 0 saturated heterocycles. The maximum absolute atomic E-state index is 12.6. The van der Waals surface area contributed by atoms with Gasteiger partial charge in [0, 0.05) is 10.9 Å². The largest absolute Gasteiger partial charge is 0.422 e. The van der Waals surface area contributed by atoms with E-state index in [1.807, 2.05) is 50.2 Å². The topological polar surface area (TPSA) is 47.3 Å². The number of ketones is 1. The molecule has 0 radical (unpaired) electrons. The quantitative estimate of drug-likeness (QED) is 0.288. The Kier molecular flexibility index (Phi) is 4.75. The Hall–Kier alpha value is -3.20. The number of hydrogen-bond donors (Lipinski definition) is 0. The van der Waals surface area contributed by atoms with E-state index < -0.39 is 5.63 Å². The molecular weight excluding hydrogens is 312 g/mol. The average Bonchev–Trinajstić information content (AvgIpc) is 2.69.